The molecule has 0 aliphatic carbocycles. The second kappa shape index (κ2) is 16.1. The van der Waals surface area contributed by atoms with Crippen LogP contribution in [0.2, 0.25) is 19.6 Å². The van der Waals surface area contributed by atoms with E-state index in [0.29, 0.717) is 5.56 Å². The molecule has 261 valence electrons. The Bertz CT molecular complexity index is 2550. The first-order valence-corrected chi connectivity index (χ1v) is 20.6. The molecule has 4 nitrogen and oxygen atoms in total. The van der Waals surface area contributed by atoms with Gasteiger partial charge in [0.1, 0.15) is 5.58 Å². The van der Waals surface area contributed by atoms with Gasteiger partial charge in [-0.05, 0) is 58.0 Å². The average Bonchev–Trinajstić information content (AvgIpc) is 3.55. The molecule has 8 rings (SSSR count). The predicted octanol–water partition coefficient (Wildman–Crippen LogP) is 11.3. The van der Waals surface area contributed by atoms with Gasteiger partial charge < -0.3 is 14.4 Å². The van der Waals surface area contributed by atoms with Gasteiger partial charge in [-0.2, -0.15) is 0 Å². The number of rotatable bonds is 7. The molecule has 0 N–H and O–H groups in total. The van der Waals surface area contributed by atoms with E-state index in [-0.39, 0.29) is 20.1 Å². The molecule has 4 aromatic carbocycles. The van der Waals surface area contributed by atoms with Crippen LogP contribution < -0.4 is 5.19 Å². The molecule has 0 bridgehead atoms. The van der Waals surface area contributed by atoms with Crippen LogP contribution in [0, 0.1) is 12.1 Å². The molecular formula is C46H41IrN3OSi-2. The third kappa shape index (κ3) is 8.37. The summed E-state index contributed by atoms with van der Waals surface area (Å²) in [5, 5.41) is 1.99. The maximum atomic E-state index is 8.84. The summed E-state index contributed by atoms with van der Waals surface area (Å²) in [5.74, 6) is -0.684. The van der Waals surface area contributed by atoms with Gasteiger partial charge in [-0.25, -0.2) is 4.98 Å². The fourth-order valence-electron chi connectivity index (χ4n) is 5.93. The van der Waals surface area contributed by atoms with E-state index in [9.17, 15) is 0 Å². The third-order valence-electron chi connectivity index (χ3n) is 8.68. The van der Waals surface area contributed by atoms with E-state index in [2.05, 4.69) is 41.7 Å². The van der Waals surface area contributed by atoms with Crippen LogP contribution in [0.5, 0.6) is 0 Å². The summed E-state index contributed by atoms with van der Waals surface area (Å²) in [6.07, 6.45) is 2.06. The zero-order valence-corrected chi connectivity index (χ0v) is 33.3. The fraction of sp³-hybridized carbons (Fsp3) is 0.152. The molecule has 0 saturated carbocycles. The molecule has 0 aliphatic heterocycles. The number of hydrogen-bond donors (Lipinski definition) is 0. The molecule has 0 unspecified atom stereocenters. The normalized spacial score (nSPS) is 12.6. The predicted molar refractivity (Wildman–Crippen MR) is 214 cm³/mol. The Kier molecular flexibility index (Phi) is 10.2. The van der Waals surface area contributed by atoms with Crippen molar-refractivity contribution in [1.82, 2.24) is 15.0 Å². The first-order valence-electron chi connectivity index (χ1n) is 18.6. The van der Waals surface area contributed by atoms with Crippen molar-refractivity contribution in [3.63, 3.8) is 0 Å². The van der Waals surface area contributed by atoms with Gasteiger partial charge in [0, 0.05) is 42.2 Å². The van der Waals surface area contributed by atoms with Crippen LogP contribution in [0.3, 0.4) is 0 Å². The van der Waals surface area contributed by atoms with Gasteiger partial charge in [0.2, 0.25) is 0 Å². The molecule has 4 heterocycles. The Morgan fingerprint density at radius 2 is 1.48 bits per heavy atom. The largest absolute Gasteiger partial charge is 0.499 e. The number of benzene rings is 4. The molecular weight excluding hydrogens is 831 g/mol. The van der Waals surface area contributed by atoms with Gasteiger partial charge in [0.15, 0.2) is 0 Å². The van der Waals surface area contributed by atoms with E-state index in [1.54, 1.807) is 6.20 Å². The van der Waals surface area contributed by atoms with E-state index in [1.807, 2.05) is 147 Å². The van der Waals surface area contributed by atoms with Crippen LogP contribution in [-0.2, 0) is 26.5 Å². The van der Waals surface area contributed by atoms with Crippen molar-refractivity contribution in [3.8, 4) is 33.8 Å². The molecule has 0 atom stereocenters. The Labute approximate surface area is 325 Å². The van der Waals surface area contributed by atoms with E-state index in [0.717, 1.165) is 72.2 Å². The third-order valence-corrected chi connectivity index (χ3v) is 10.7. The smallest absolute Gasteiger partial charge is 0.139 e. The number of fused-ring (bicyclic) bond motifs is 3. The second-order valence-electron chi connectivity index (χ2n) is 13.7. The zero-order valence-electron chi connectivity index (χ0n) is 32.9. The van der Waals surface area contributed by atoms with Gasteiger partial charge >= 0.3 is 0 Å². The molecule has 0 spiro atoms. The summed E-state index contributed by atoms with van der Waals surface area (Å²) >= 11 is 0. The Hall–Kier alpha value is -5.00. The quantitative estimate of drug-likeness (QED) is 0.118. The molecule has 0 fully saturated rings. The van der Waals surface area contributed by atoms with Crippen LogP contribution in [-0.4, -0.2) is 23.0 Å². The SMILES string of the molecule is [2H]C(C)(C)c1ccnc(-c2[c-]cc3oc4ccc(-c5ccccc5)nc4c3c2)c1.[2H]C([2H])(c1ccccc1)c1cc(-c2[c-]cccc2)ncc1[Si](C)(C)C.[Ir]. The molecule has 0 amide bonds. The average molecular weight is 875 g/mol. The summed E-state index contributed by atoms with van der Waals surface area (Å²) in [4.78, 5) is 14.0. The Morgan fingerprint density at radius 1 is 0.750 bits per heavy atom. The molecule has 52 heavy (non-hydrogen) atoms. The van der Waals surface area contributed by atoms with Gasteiger partial charge in [-0.3, -0.25) is 0 Å². The maximum absolute atomic E-state index is 8.84. The second-order valence-corrected chi connectivity index (χ2v) is 18.7. The van der Waals surface area contributed by atoms with Crippen LogP contribution in [0.15, 0.2) is 144 Å². The van der Waals surface area contributed by atoms with Crippen molar-refractivity contribution in [3.05, 3.63) is 169 Å². The first kappa shape index (κ1) is 32.9. The van der Waals surface area contributed by atoms with Gasteiger partial charge in [-0.15, -0.1) is 59.7 Å². The van der Waals surface area contributed by atoms with Crippen molar-refractivity contribution in [2.24, 2.45) is 0 Å². The topological polar surface area (TPSA) is 51.8 Å². The van der Waals surface area contributed by atoms with Crippen molar-refractivity contribution >= 4 is 35.3 Å². The van der Waals surface area contributed by atoms with Gasteiger partial charge in [-0.1, -0.05) is 117 Å². The summed E-state index contributed by atoms with van der Waals surface area (Å²) in [6, 6.07) is 47.2. The summed E-state index contributed by atoms with van der Waals surface area (Å²) in [5.41, 5.74) is 9.90. The van der Waals surface area contributed by atoms with E-state index >= 15 is 0 Å². The molecule has 0 aliphatic rings. The molecule has 6 heteroatoms. The summed E-state index contributed by atoms with van der Waals surface area (Å²) in [7, 11) is -1.76. The minimum atomic E-state index is -1.76. The molecule has 1 radical (unpaired) electrons. The minimum absolute atomic E-state index is 0. The van der Waals surface area contributed by atoms with Crippen molar-refractivity contribution in [1.29, 1.82) is 0 Å². The minimum Gasteiger partial charge on any atom is -0.499 e. The number of aromatic nitrogens is 3. The van der Waals surface area contributed by atoms with Crippen LogP contribution in [0.25, 0.3) is 55.8 Å². The molecule has 4 aromatic heterocycles. The monoisotopic (exact) mass is 875 g/mol. The van der Waals surface area contributed by atoms with Gasteiger partial charge in [0.25, 0.3) is 0 Å². The van der Waals surface area contributed by atoms with Crippen LogP contribution >= 0.6 is 0 Å². The van der Waals surface area contributed by atoms with Crippen LogP contribution in [0.4, 0.5) is 0 Å². The van der Waals surface area contributed by atoms with E-state index in [1.165, 1.54) is 0 Å². The fourth-order valence-corrected chi connectivity index (χ4v) is 7.32. The van der Waals surface area contributed by atoms with Crippen molar-refractivity contribution in [2.45, 2.75) is 45.8 Å². The summed E-state index contributed by atoms with van der Waals surface area (Å²) < 4.78 is 31.9. The van der Waals surface area contributed by atoms with E-state index < -0.39 is 20.3 Å². The van der Waals surface area contributed by atoms with Gasteiger partial charge in [0.05, 0.1) is 24.9 Å². The Balaban J connectivity index is 0.000000186. The standard InChI is InChI=1S/C25H19N2O.C21H22NSi.Ir/c1-16(2)18-12-13-26-22(15-18)19-8-10-23-20(14-19)25-24(28-23)11-9-21(27-25)17-6-4-3-5-7-17;1-23(2,3)21-16-22-20(18-12-8-5-9-13-18)15-19(21)14-17-10-6-4-7-11-17;/h3-7,9-16H,1-2H3;4-12,15-16H,14H2,1-3H3;/q2*-1;/i16D;14D2;. The number of hydrogen-bond acceptors (Lipinski definition) is 4. The number of nitrogens with zero attached hydrogens (tertiary/aromatic N) is 3. The van der Waals surface area contributed by atoms with Crippen molar-refractivity contribution in [2.75, 3.05) is 0 Å². The van der Waals surface area contributed by atoms with Crippen molar-refractivity contribution < 1.29 is 28.6 Å². The summed E-state index contributed by atoms with van der Waals surface area (Å²) in [6.45, 7) is 10.4. The molecule has 0 saturated heterocycles. The van der Waals surface area contributed by atoms with E-state index in [4.69, 9.17) is 13.5 Å². The number of furan rings is 1. The maximum Gasteiger partial charge on any atom is 0.139 e. The zero-order chi connectivity index (χ0) is 38.1. The first-order chi connectivity index (χ1) is 25.8. The number of pyridine rings is 3. The Morgan fingerprint density at radius 3 is 2.19 bits per heavy atom. The van der Waals surface area contributed by atoms with Crippen LogP contribution in [0.1, 0.15) is 40.5 Å². The molecule has 8 aromatic rings.